The SMILES string of the molecule is CCn1cc(Br)c(CN)n1. The first-order valence-corrected chi connectivity index (χ1v) is 3.99. The van der Waals surface area contributed by atoms with Crippen molar-refractivity contribution < 1.29 is 0 Å². The molecule has 0 saturated heterocycles. The van der Waals surface area contributed by atoms with Crippen molar-refractivity contribution in [3.8, 4) is 0 Å². The standard InChI is InChI=1S/C6H10BrN3/c1-2-10-4-5(7)6(3-8)9-10/h4H,2-3,8H2,1H3. The minimum atomic E-state index is 0.494. The maximum Gasteiger partial charge on any atom is 0.0902 e. The van der Waals surface area contributed by atoms with Gasteiger partial charge >= 0.3 is 0 Å². The summed E-state index contributed by atoms with van der Waals surface area (Å²) in [4.78, 5) is 0. The Balaban J connectivity index is 2.92. The van der Waals surface area contributed by atoms with Crippen LogP contribution in [0.15, 0.2) is 10.7 Å². The molecule has 4 heteroatoms. The summed E-state index contributed by atoms with van der Waals surface area (Å²) >= 11 is 3.35. The van der Waals surface area contributed by atoms with Crippen LogP contribution in [0.25, 0.3) is 0 Å². The Morgan fingerprint density at radius 1 is 1.80 bits per heavy atom. The number of rotatable bonds is 2. The van der Waals surface area contributed by atoms with Gasteiger partial charge in [0.1, 0.15) is 0 Å². The number of hydrogen-bond donors (Lipinski definition) is 1. The van der Waals surface area contributed by atoms with Gasteiger partial charge in [-0.2, -0.15) is 5.10 Å². The van der Waals surface area contributed by atoms with Crippen LogP contribution in [0.2, 0.25) is 0 Å². The summed E-state index contributed by atoms with van der Waals surface area (Å²) < 4.78 is 2.85. The third-order valence-corrected chi connectivity index (χ3v) is 1.97. The topological polar surface area (TPSA) is 43.8 Å². The molecule has 2 N–H and O–H groups in total. The molecule has 0 aliphatic heterocycles. The Labute approximate surface area is 68.3 Å². The van der Waals surface area contributed by atoms with Crippen LogP contribution in [0.4, 0.5) is 0 Å². The number of hydrogen-bond acceptors (Lipinski definition) is 2. The Morgan fingerprint density at radius 3 is 2.80 bits per heavy atom. The van der Waals surface area contributed by atoms with Gasteiger partial charge in [-0.15, -0.1) is 0 Å². The molecule has 1 aromatic heterocycles. The molecule has 0 unspecified atom stereocenters. The lowest BCUT2D eigenvalue weighted by molar-refractivity contribution is 0.647. The van der Waals surface area contributed by atoms with Crippen molar-refractivity contribution in [2.24, 2.45) is 5.73 Å². The van der Waals surface area contributed by atoms with Crippen LogP contribution in [0, 0.1) is 0 Å². The van der Waals surface area contributed by atoms with E-state index >= 15 is 0 Å². The first kappa shape index (κ1) is 7.75. The smallest absolute Gasteiger partial charge is 0.0902 e. The molecule has 0 spiro atoms. The van der Waals surface area contributed by atoms with Gasteiger partial charge in [0.05, 0.1) is 10.2 Å². The van der Waals surface area contributed by atoms with Crippen molar-refractivity contribution in [1.29, 1.82) is 0 Å². The zero-order chi connectivity index (χ0) is 7.56. The second-order valence-electron chi connectivity index (χ2n) is 1.98. The third-order valence-electron chi connectivity index (χ3n) is 1.30. The summed E-state index contributed by atoms with van der Waals surface area (Å²) in [5.74, 6) is 0. The molecule has 1 rings (SSSR count). The monoisotopic (exact) mass is 203 g/mol. The predicted octanol–water partition coefficient (Wildman–Crippen LogP) is 1.12. The van der Waals surface area contributed by atoms with E-state index in [4.69, 9.17) is 5.73 Å². The lowest BCUT2D eigenvalue weighted by atomic mass is 10.4. The molecule has 0 aromatic carbocycles. The van der Waals surface area contributed by atoms with Gasteiger partial charge in [0.2, 0.25) is 0 Å². The second kappa shape index (κ2) is 3.16. The maximum atomic E-state index is 5.41. The molecule has 1 heterocycles. The lowest BCUT2D eigenvalue weighted by Gasteiger charge is -1.90. The van der Waals surface area contributed by atoms with E-state index in [2.05, 4.69) is 21.0 Å². The molecule has 10 heavy (non-hydrogen) atoms. The summed E-state index contributed by atoms with van der Waals surface area (Å²) in [6.07, 6.45) is 1.93. The highest BCUT2D eigenvalue weighted by atomic mass is 79.9. The summed E-state index contributed by atoms with van der Waals surface area (Å²) in [5.41, 5.74) is 6.33. The quantitative estimate of drug-likeness (QED) is 0.784. The molecule has 1 aromatic rings. The van der Waals surface area contributed by atoms with Gasteiger partial charge in [0, 0.05) is 19.3 Å². The summed E-state index contributed by atoms with van der Waals surface area (Å²) in [7, 11) is 0. The fourth-order valence-electron chi connectivity index (χ4n) is 0.737. The van der Waals surface area contributed by atoms with E-state index in [1.54, 1.807) is 0 Å². The number of aryl methyl sites for hydroxylation is 1. The largest absolute Gasteiger partial charge is 0.325 e. The highest BCUT2D eigenvalue weighted by molar-refractivity contribution is 9.10. The van der Waals surface area contributed by atoms with Crippen LogP contribution in [0.3, 0.4) is 0 Å². The molecule has 0 radical (unpaired) electrons. The minimum absolute atomic E-state index is 0.494. The number of halogens is 1. The van der Waals surface area contributed by atoms with E-state index < -0.39 is 0 Å². The van der Waals surface area contributed by atoms with Crippen LogP contribution < -0.4 is 5.73 Å². The van der Waals surface area contributed by atoms with E-state index in [0.717, 1.165) is 16.7 Å². The van der Waals surface area contributed by atoms with Gasteiger partial charge in [0.25, 0.3) is 0 Å². The summed E-state index contributed by atoms with van der Waals surface area (Å²) in [6, 6.07) is 0. The van der Waals surface area contributed by atoms with E-state index in [1.165, 1.54) is 0 Å². The van der Waals surface area contributed by atoms with Crippen LogP contribution >= 0.6 is 15.9 Å². The van der Waals surface area contributed by atoms with Gasteiger partial charge in [-0.05, 0) is 22.9 Å². The number of nitrogens with zero attached hydrogens (tertiary/aromatic N) is 2. The van der Waals surface area contributed by atoms with Crippen LogP contribution in [0.1, 0.15) is 12.6 Å². The molecular formula is C6H10BrN3. The average Bonchev–Trinajstić information content (AvgIpc) is 2.30. The van der Waals surface area contributed by atoms with Crippen molar-refractivity contribution in [3.05, 3.63) is 16.4 Å². The number of aromatic nitrogens is 2. The Bertz CT molecular complexity index is 219. The van der Waals surface area contributed by atoms with Crippen molar-refractivity contribution >= 4 is 15.9 Å². The predicted molar refractivity (Wildman–Crippen MR) is 43.5 cm³/mol. The fourth-order valence-corrected chi connectivity index (χ4v) is 1.21. The van der Waals surface area contributed by atoms with Crippen LogP contribution in [-0.4, -0.2) is 9.78 Å². The Morgan fingerprint density at radius 2 is 2.50 bits per heavy atom. The molecule has 0 aliphatic carbocycles. The summed E-state index contributed by atoms with van der Waals surface area (Å²) in [5, 5.41) is 4.19. The molecule has 0 saturated carbocycles. The van der Waals surface area contributed by atoms with E-state index in [-0.39, 0.29) is 0 Å². The highest BCUT2D eigenvalue weighted by Crippen LogP contribution is 2.13. The fraction of sp³-hybridized carbons (Fsp3) is 0.500. The molecule has 3 nitrogen and oxygen atoms in total. The first-order valence-electron chi connectivity index (χ1n) is 3.19. The zero-order valence-corrected chi connectivity index (χ0v) is 7.43. The van der Waals surface area contributed by atoms with Gasteiger partial charge in [-0.1, -0.05) is 0 Å². The van der Waals surface area contributed by atoms with Crippen molar-refractivity contribution in [2.45, 2.75) is 20.0 Å². The Hall–Kier alpha value is -0.350. The highest BCUT2D eigenvalue weighted by Gasteiger charge is 2.01. The van der Waals surface area contributed by atoms with Crippen molar-refractivity contribution in [2.75, 3.05) is 0 Å². The van der Waals surface area contributed by atoms with Crippen LogP contribution in [-0.2, 0) is 13.1 Å². The lowest BCUT2D eigenvalue weighted by Crippen LogP contribution is -2.00. The first-order chi connectivity index (χ1) is 4.77. The van der Waals surface area contributed by atoms with Gasteiger partial charge in [-0.3, -0.25) is 4.68 Å². The minimum Gasteiger partial charge on any atom is -0.325 e. The van der Waals surface area contributed by atoms with Gasteiger partial charge in [0.15, 0.2) is 0 Å². The summed E-state index contributed by atoms with van der Waals surface area (Å²) in [6.45, 7) is 3.42. The molecule has 0 amide bonds. The third kappa shape index (κ3) is 1.38. The average molecular weight is 204 g/mol. The molecule has 0 atom stereocenters. The van der Waals surface area contributed by atoms with E-state index in [9.17, 15) is 0 Å². The zero-order valence-electron chi connectivity index (χ0n) is 5.84. The molecule has 56 valence electrons. The number of nitrogens with two attached hydrogens (primary N) is 1. The van der Waals surface area contributed by atoms with Crippen LogP contribution in [0.5, 0.6) is 0 Å². The second-order valence-corrected chi connectivity index (χ2v) is 2.84. The van der Waals surface area contributed by atoms with E-state index in [0.29, 0.717) is 6.54 Å². The van der Waals surface area contributed by atoms with Crippen molar-refractivity contribution in [1.82, 2.24) is 9.78 Å². The molecule has 0 fully saturated rings. The Kier molecular flexibility index (Phi) is 2.45. The van der Waals surface area contributed by atoms with E-state index in [1.807, 2.05) is 17.8 Å². The maximum absolute atomic E-state index is 5.41. The van der Waals surface area contributed by atoms with Crippen molar-refractivity contribution in [3.63, 3.8) is 0 Å². The molecule has 0 aliphatic rings. The molecule has 0 bridgehead atoms. The van der Waals surface area contributed by atoms with Gasteiger partial charge < -0.3 is 5.73 Å². The normalized spacial score (nSPS) is 10.3. The van der Waals surface area contributed by atoms with Gasteiger partial charge in [-0.25, -0.2) is 0 Å². The molecular weight excluding hydrogens is 194 g/mol.